The van der Waals surface area contributed by atoms with E-state index >= 15 is 0 Å². The number of hydrogen-bond acceptors (Lipinski definition) is 4. The van der Waals surface area contributed by atoms with Crippen LogP contribution in [-0.4, -0.2) is 30.6 Å². The van der Waals surface area contributed by atoms with Gasteiger partial charge in [0.2, 0.25) is 0 Å². The molecule has 156 valence electrons. The molecular weight excluding hydrogens is 374 g/mol. The number of carbonyl (C=O) groups is 1. The molecule has 0 atom stereocenters. The minimum Gasteiger partial charge on any atom is -0.481 e. The van der Waals surface area contributed by atoms with Crippen LogP contribution in [0.25, 0.3) is 10.9 Å². The minimum atomic E-state index is -0.145. The SMILES string of the molecule is Cc1ccc(CNC(=O)COc2cccc3ccc(N4CCC(C)CC4)nc23)cc1. The van der Waals surface area contributed by atoms with Crippen molar-refractivity contribution in [1.29, 1.82) is 0 Å². The number of pyridine rings is 1. The summed E-state index contributed by atoms with van der Waals surface area (Å²) in [7, 11) is 0. The molecule has 4 rings (SSSR count). The number of fused-ring (bicyclic) bond motifs is 1. The van der Waals surface area contributed by atoms with Crippen molar-refractivity contribution in [3.63, 3.8) is 0 Å². The van der Waals surface area contributed by atoms with Crippen LogP contribution in [0.3, 0.4) is 0 Å². The predicted molar refractivity (Wildman–Crippen MR) is 121 cm³/mol. The fourth-order valence-electron chi connectivity index (χ4n) is 3.74. The van der Waals surface area contributed by atoms with Gasteiger partial charge in [-0.2, -0.15) is 0 Å². The van der Waals surface area contributed by atoms with Crippen LogP contribution >= 0.6 is 0 Å². The number of piperidine rings is 1. The third kappa shape index (κ3) is 4.90. The second kappa shape index (κ2) is 9.16. The van der Waals surface area contributed by atoms with Crippen molar-refractivity contribution in [2.75, 3.05) is 24.6 Å². The molecule has 1 aromatic heterocycles. The molecule has 1 amide bonds. The van der Waals surface area contributed by atoms with Gasteiger partial charge >= 0.3 is 0 Å². The van der Waals surface area contributed by atoms with Crippen LogP contribution in [0.5, 0.6) is 5.75 Å². The van der Waals surface area contributed by atoms with E-state index in [1.54, 1.807) is 0 Å². The predicted octanol–water partition coefficient (Wildman–Crippen LogP) is 4.47. The summed E-state index contributed by atoms with van der Waals surface area (Å²) in [5, 5.41) is 3.93. The molecule has 30 heavy (non-hydrogen) atoms. The summed E-state index contributed by atoms with van der Waals surface area (Å²) in [6.45, 7) is 6.88. The zero-order chi connectivity index (χ0) is 20.9. The Hall–Kier alpha value is -3.08. The number of para-hydroxylation sites is 1. The summed E-state index contributed by atoms with van der Waals surface area (Å²) in [6.07, 6.45) is 2.39. The summed E-state index contributed by atoms with van der Waals surface area (Å²) >= 11 is 0. The highest BCUT2D eigenvalue weighted by atomic mass is 16.5. The topological polar surface area (TPSA) is 54.5 Å². The van der Waals surface area contributed by atoms with Gasteiger partial charge in [-0.05, 0) is 49.4 Å². The van der Waals surface area contributed by atoms with E-state index in [2.05, 4.69) is 29.3 Å². The Morgan fingerprint density at radius 3 is 2.63 bits per heavy atom. The number of anilines is 1. The number of nitrogens with zero attached hydrogens (tertiary/aromatic N) is 2. The van der Waals surface area contributed by atoms with Crippen LogP contribution in [0.15, 0.2) is 54.6 Å². The van der Waals surface area contributed by atoms with E-state index in [1.165, 1.54) is 18.4 Å². The van der Waals surface area contributed by atoms with E-state index in [1.807, 2.05) is 49.4 Å². The third-order valence-electron chi connectivity index (χ3n) is 5.75. The van der Waals surface area contributed by atoms with Gasteiger partial charge in [-0.3, -0.25) is 4.79 Å². The first-order valence-corrected chi connectivity index (χ1v) is 10.7. The summed E-state index contributed by atoms with van der Waals surface area (Å²) in [5.41, 5.74) is 3.08. The Kier molecular flexibility index (Phi) is 6.17. The Morgan fingerprint density at radius 2 is 1.87 bits per heavy atom. The molecule has 0 aliphatic carbocycles. The number of rotatable bonds is 6. The number of aryl methyl sites for hydroxylation is 1. The molecule has 1 aliphatic rings. The normalized spacial score (nSPS) is 14.7. The van der Waals surface area contributed by atoms with Crippen LogP contribution in [0.1, 0.15) is 30.9 Å². The maximum Gasteiger partial charge on any atom is 0.258 e. The van der Waals surface area contributed by atoms with Gasteiger partial charge in [0.1, 0.15) is 17.1 Å². The Labute approximate surface area is 178 Å². The van der Waals surface area contributed by atoms with Crippen LogP contribution in [0.4, 0.5) is 5.82 Å². The van der Waals surface area contributed by atoms with Gasteiger partial charge in [0.05, 0.1) is 0 Å². The molecule has 1 fully saturated rings. The number of benzene rings is 2. The molecule has 5 heteroatoms. The minimum absolute atomic E-state index is 0.0297. The van der Waals surface area contributed by atoms with Gasteiger partial charge < -0.3 is 15.0 Å². The summed E-state index contributed by atoms with van der Waals surface area (Å²) in [5.74, 6) is 2.26. The zero-order valence-corrected chi connectivity index (χ0v) is 17.7. The number of nitrogens with one attached hydrogen (secondary N) is 1. The highest BCUT2D eigenvalue weighted by molar-refractivity contribution is 5.86. The largest absolute Gasteiger partial charge is 0.481 e. The molecule has 0 unspecified atom stereocenters. The van der Waals surface area contributed by atoms with E-state index < -0.39 is 0 Å². The van der Waals surface area contributed by atoms with Crippen molar-refractivity contribution in [1.82, 2.24) is 10.3 Å². The van der Waals surface area contributed by atoms with Crippen molar-refractivity contribution in [3.05, 3.63) is 65.7 Å². The quantitative estimate of drug-likeness (QED) is 0.660. The summed E-state index contributed by atoms with van der Waals surface area (Å²) < 4.78 is 5.85. The first kappa shape index (κ1) is 20.2. The second-order valence-electron chi connectivity index (χ2n) is 8.22. The molecule has 2 heterocycles. The number of ether oxygens (including phenoxy) is 1. The number of hydrogen-bond donors (Lipinski definition) is 1. The molecule has 3 aromatic rings. The van der Waals surface area contributed by atoms with E-state index in [-0.39, 0.29) is 12.5 Å². The summed E-state index contributed by atoms with van der Waals surface area (Å²) in [6, 6.07) is 18.1. The highest BCUT2D eigenvalue weighted by Crippen LogP contribution is 2.28. The van der Waals surface area contributed by atoms with Gasteiger partial charge in [-0.25, -0.2) is 4.98 Å². The molecule has 2 aromatic carbocycles. The van der Waals surface area contributed by atoms with Gasteiger partial charge in [-0.15, -0.1) is 0 Å². The molecule has 0 radical (unpaired) electrons. The second-order valence-corrected chi connectivity index (χ2v) is 8.22. The maximum absolute atomic E-state index is 12.3. The van der Waals surface area contributed by atoms with Gasteiger partial charge in [0.15, 0.2) is 6.61 Å². The van der Waals surface area contributed by atoms with Crippen LogP contribution in [-0.2, 0) is 11.3 Å². The van der Waals surface area contributed by atoms with E-state index in [9.17, 15) is 4.79 Å². The number of carbonyl (C=O) groups excluding carboxylic acids is 1. The van der Waals surface area contributed by atoms with Crippen LogP contribution in [0.2, 0.25) is 0 Å². The van der Waals surface area contributed by atoms with Crippen molar-refractivity contribution in [3.8, 4) is 5.75 Å². The summed E-state index contributed by atoms with van der Waals surface area (Å²) in [4.78, 5) is 19.5. The lowest BCUT2D eigenvalue weighted by molar-refractivity contribution is -0.123. The lowest BCUT2D eigenvalue weighted by Gasteiger charge is -2.31. The zero-order valence-electron chi connectivity index (χ0n) is 17.7. The fraction of sp³-hybridized carbons (Fsp3) is 0.360. The molecule has 0 saturated carbocycles. The average Bonchev–Trinajstić information content (AvgIpc) is 2.77. The monoisotopic (exact) mass is 403 g/mol. The van der Waals surface area contributed by atoms with Crippen molar-refractivity contribution >= 4 is 22.6 Å². The highest BCUT2D eigenvalue weighted by Gasteiger charge is 2.18. The molecule has 0 spiro atoms. The lowest BCUT2D eigenvalue weighted by atomic mass is 9.99. The average molecular weight is 404 g/mol. The van der Waals surface area contributed by atoms with Crippen molar-refractivity contribution < 1.29 is 9.53 Å². The first-order valence-electron chi connectivity index (χ1n) is 10.7. The third-order valence-corrected chi connectivity index (χ3v) is 5.75. The maximum atomic E-state index is 12.3. The van der Waals surface area contributed by atoms with Gasteiger partial charge in [0.25, 0.3) is 5.91 Å². The smallest absolute Gasteiger partial charge is 0.258 e. The lowest BCUT2D eigenvalue weighted by Crippen LogP contribution is -2.33. The molecule has 1 saturated heterocycles. The number of amides is 1. The Bertz CT molecular complexity index is 1010. The van der Waals surface area contributed by atoms with E-state index in [0.717, 1.165) is 41.3 Å². The molecule has 1 N–H and O–H groups in total. The van der Waals surface area contributed by atoms with Gasteiger partial charge in [-0.1, -0.05) is 48.9 Å². The number of aromatic nitrogens is 1. The molecule has 1 aliphatic heterocycles. The molecule has 0 bridgehead atoms. The van der Waals surface area contributed by atoms with E-state index in [4.69, 9.17) is 9.72 Å². The van der Waals surface area contributed by atoms with Crippen molar-refractivity contribution in [2.45, 2.75) is 33.2 Å². The van der Waals surface area contributed by atoms with Gasteiger partial charge in [0, 0.05) is 25.0 Å². The van der Waals surface area contributed by atoms with Crippen LogP contribution < -0.4 is 15.0 Å². The molecular formula is C25H29N3O2. The Morgan fingerprint density at radius 1 is 1.10 bits per heavy atom. The fourth-order valence-corrected chi connectivity index (χ4v) is 3.74. The standard InChI is InChI=1S/C25H29N3O2/c1-18-6-8-20(9-7-18)16-26-24(29)17-30-22-5-3-4-21-10-11-23(27-25(21)22)28-14-12-19(2)13-15-28/h3-11,19H,12-17H2,1-2H3,(H,26,29). The molecule has 5 nitrogen and oxygen atoms in total. The first-order chi connectivity index (χ1) is 14.6. The van der Waals surface area contributed by atoms with E-state index in [0.29, 0.717) is 12.3 Å². The Balaban J connectivity index is 1.41. The van der Waals surface area contributed by atoms with Crippen molar-refractivity contribution in [2.24, 2.45) is 5.92 Å². The van der Waals surface area contributed by atoms with Crippen LogP contribution in [0, 0.1) is 12.8 Å².